The van der Waals surface area contributed by atoms with E-state index in [1.807, 2.05) is 11.0 Å². The summed E-state index contributed by atoms with van der Waals surface area (Å²) in [6, 6.07) is 9.76. The van der Waals surface area contributed by atoms with Gasteiger partial charge in [0, 0.05) is 30.7 Å². The number of rotatable bonds is 7. The zero-order valence-electron chi connectivity index (χ0n) is 15.6. The second-order valence-corrected chi connectivity index (χ2v) is 8.01. The van der Waals surface area contributed by atoms with Crippen LogP contribution in [0, 0.1) is 0 Å². The molecule has 1 aliphatic heterocycles. The summed E-state index contributed by atoms with van der Waals surface area (Å²) in [7, 11) is 0. The lowest BCUT2D eigenvalue weighted by Gasteiger charge is -2.29. The van der Waals surface area contributed by atoms with E-state index in [0.29, 0.717) is 24.6 Å². The third-order valence-corrected chi connectivity index (χ3v) is 5.41. The Morgan fingerprint density at radius 3 is 2.96 bits per heavy atom. The summed E-state index contributed by atoms with van der Waals surface area (Å²) in [6.45, 7) is 4.88. The van der Waals surface area contributed by atoms with Crippen molar-refractivity contribution in [1.82, 2.24) is 9.88 Å². The van der Waals surface area contributed by atoms with Gasteiger partial charge >= 0.3 is 0 Å². The normalized spacial score (nSPS) is 13.8. The first-order valence-electron chi connectivity index (χ1n) is 8.93. The molecule has 3 rings (SSSR count). The smallest absolute Gasteiger partial charge is 0.260 e. The average Bonchev–Trinajstić information content (AvgIpc) is 2.65. The molecule has 0 atom stereocenters. The quantitative estimate of drug-likeness (QED) is 0.712. The van der Waals surface area contributed by atoms with E-state index < -0.39 is 5.60 Å². The molecule has 0 saturated carbocycles. The van der Waals surface area contributed by atoms with Crippen LogP contribution in [0.1, 0.15) is 25.0 Å². The Kier molecular flexibility index (Phi) is 6.23. The number of fused-ring (bicyclic) bond motifs is 1. The van der Waals surface area contributed by atoms with Crippen LogP contribution in [0.15, 0.2) is 42.7 Å². The summed E-state index contributed by atoms with van der Waals surface area (Å²) < 4.78 is 8.79. The van der Waals surface area contributed by atoms with E-state index in [1.165, 1.54) is 17.5 Å². The Morgan fingerprint density at radius 1 is 1.37 bits per heavy atom. The number of nitrogens with one attached hydrogen (secondary N) is 1. The van der Waals surface area contributed by atoms with Crippen molar-refractivity contribution in [3.63, 3.8) is 0 Å². The minimum absolute atomic E-state index is 0.0209. The fraction of sp³-hybridized carbons (Fsp3) is 0.400. The van der Waals surface area contributed by atoms with E-state index in [9.17, 15) is 9.90 Å². The number of nitrogens with zero attached hydrogens (tertiary/aromatic N) is 2. The zero-order valence-corrected chi connectivity index (χ0v) is 16.5. The number of hydrogen-bond donors (Lipinski definition) is 2. The minimum Gasteiger partial charge on any atom is -0.482 e. The largest absolute Gasteiger partial charge is 0.482 e. The van der Waals surface area contributed by atoms with Crippen molar-refractivity contribution >= 4 is 23.5 Å². The Morgan fingerprint density at radius 2 is 2.22 bits per heavy atom. The molecule has 0 spiro atoms. The first kappa shape index (κ1) is 19.5. The molecule has 6 nitrogen and oxygen atoms in total. The SMILES string of the molecule is CC(C)(O)CSNc1ccc2c(c1)CCN(C(=O)COc1cccnc1)C2. The lowest BCUT2D eigenvalue weighted by Crippen LogP contribution is -2.38. The fourth-order valence-electron chi connectivity index (χ4n) is 2.79. The van der Waals surface area contributed by atoms with Crippen LogP contribution in [-0.4, -0.2) is 45.4 Å². The molecule has 1 aliphatic rings. The van der Waals surface area contributed by atoms with E-state index in [2.05, 4.69) is 21.8 Å². The number of carbonyl (C=O) groups excluding carboxylic acids is 1. The van der Waals surface area contributed by atoms with Gasteiger partial charge in [0.05, 0.1) is 11.8 Å². The van der Waals surface area contributed by atoms with Crippen LogP contribution in [0.25, 0.3) is 0 Å². The van der Waals surface area contributed by atoms with E-state index in [4.69, 9.17) is 4.74 Å². The molecule has 1 amide bonds. The number of aliphatic hydroxyl groups is 1. The summed E-state index contributed by atoms with van der Waals surface area (Å²) in [5.41, 5.74) is 2.72. The third-order valence-electron chi connectivity index (χ3n) is 4.18. The molecular weight excluding hydrogens is 362 g/mol. The van der Waals surface area contributed by atoms with Crippen molar-refractivity contribution in [2.75, 3.05) is 23.6 Å². The van der Waals surface area contributed by atoms with Gasteiger partial charge in [-0.3, -0.25) is 9.78 Å². The third kappa shape index (κ3) is 5.87. The highest BCUT2D eigenvalue weighted by Crippen LogP contribution is 2.25. The van der Waals surface area contributed by atoms with Gasteiger partial charge in [0.25, 0.3) is 5.91 Å². The summed E-state index contributed by atoms with van der Waals surface area (Å²) in [5, 5.41) is 9.77. The molecular formula is C20H25N3O3S. The molecule has 2 aromatic rings. The fourth-order valence-corrected chi connectivity index (χ4v) is 3.51. The monoisotopic (exact) mass is 387 g/mol. The van der Waals surface area contributed by atoms with Crippen LogP contribution < -0.4 is 9.46 Å². The van der Waals surface area contributed by atoms with Crippen LogP contribution in [0.2, 0.25) is 0 Å². The molecule has 2 heterocycles. The minimum atomic E-state index is -0.704. The Hall–Kier alpha value is -2.25. The predicted molar refractivity (Wildman–Crippen MR) is 108 cm³/mol. The van der Waals surface area contributed by atoms with Gasteiger partial charge in [-0.25, -0.2) is 0 Å². The van der Waals surface area contributed by atoms with Gasteiger partial charge < -0.3 is 19.5 Å². The van der Waals surface area contributed by atoms with Crippen LogP contribution in [0.3, 0.4) is 0 Å². The summed E-state index contributed by atoms with van der Waals surface area (Å²) in [4.78, 5) is 18.2. The van der Waals surface area contributed by atoms with Crippen molar-refractivity contribution in [3.05, 3.63) is 53.9 Å². The van der Waals surface area contributed by atoms with Crippen molar-refractivity contribution in [3.8, 4) is 5.75 Å². The zero-order chi connectivity index (χ0) is 19.3. The molecule has 27 heavy (non-hydrogen) atoms. The topological polar surface area (TPSA) is 74.7 Å². The highest BCUT2D eigenvalue weighted by Gasteiger charge is 2.21. The number of carbonyl (C=O) groups is 1. The van der Waals surface area contributed by atoms with Gasteiger partial charge in [0.2, 0.25) is 0 Å². The van der Waals surface area contributed by atoms with Gasteiger partial charge in [-0.2, -0.15) is 0 Å². The Bertz CT molecular complexity index is 778. The molecule has 0 aliphatic carbocycles. The van der Waals surface area contributed by atoms with Gasteiger partial charge in [-0.1, -0.05) is 6.07 Å². The molecule has 0 bridgehead atoms. The standard InChI is InChI=1S/C20H25N3O3S/c1-20(2,25)14-27-22-17-6-5-16-12-23(9-7-15(16)10-17)19(24)13-26-18-4-3-8-21-11-18/h3-6,8,10-11,22,25H,7,9,12-14H2,1-2H3. The highest BCUT2D eigenvalue weighted by atomic mass is 32.2. The number of hydrogen-bond acceptors (Lipinski definition) is 6. The summed E-state index contributed by atoms with van der Waals surface area (Å²) in [6.07, 6.45) is 4.09. The number of ether oxygens (including phenoxy) is 1. The maximum absolute atomic E-state index is 12.4. The lowest BCUT2D eigenvalue weighted by molar-refractivity contribution is -0.134. The van der Waals surface area contributed by atoms with Gasteiger partial charge in [-0.05, 0) is 67.6 Å². The van der Waals surface area contributed by atoms with Crippen molar-refractivity contribution in [2.45, 2.75) is 32.4 Å². The van der Waals surface area contributed by atoms with Crippen LogP contribution in [0.4, 0.5) is 5.69 Å². The maximum atomic E-state index is 12.4. The predicted octanol–water partition coefficient (Wildman–Crippen LogP) is 2.88. The van der Waals surface area contributed by atoms with Gasteiger partial charge in [0.15, 0.2) is 6.61 Å². The second kappa shape index (κ2) is 8.63. The van der Waals surface area contributed by atoms with Crippen LogP contribution in [-0.2, 0) is 17.8 Å². The summed E-state index contributed by atoms with van der Waals surface area (Å²) in [5.74, 6) is 1.18. The van der Waals surface area contributed by atoms with Gasteiger partial charge in [0.1, 0.15) is 5.75 Å². The molecule has 1 aromatic heterocycles. The highest BCUT2D eigenvalue weighted by molar-refractivity contribution is 8.00. The molecule has 0 unspecified atom stereocenters. The molecule has 7 heteroatoms. The van der Waals surface area contributed by atoms with Crippen LogP contribution >= 0.6 is 11.9 Å². The molecule has 1 aromatic carbocycles. The maximum Gasteiger partial charge on any atom is 0.260 e. The number of benzene rings is 1. The van der Waals surface area contributed by atoms with Crippen LogP contribution in [0.5, 0.6) is 5.75 Å². The van der Waals surface area contributed by atoms with Crippen molar-refractivity contribution < 1.29 is 14.6 Å². The van der Waals surface area contributed by atoms with Crippen molar-refractivity contribution in [2.24, 2.45) is 0 Å². The second-order valence-electron chi connectivity index (χ2n) is 7.23. The van der Waals surface area contributed by atoms with E-state index in [0.717, 1.165) is 17.7 Å². The molecule has 2 N–H and O–H groups in total. The summed E-state index contributed by atoms with van der Waals surface area (Å²) >= 11 is 1.49. The number of anilines is 1. The molecule has 144 valence electrons. The van der Waals surface area contributed by atoms with Crippen molar-refractivity contribution in [1.29, 1.82) is 0 Å². The van der Waals surface area contributed by atoms with E-state index >= 15 is 0 Å². The first-order chi connectivity index (χ1) is 12.9. The number of pyridine rings is 1. The average molecular weight is 388 g/mol. The number of aromatic nitrogens is 1. The lowest BCUT2D eigenvalue weighted by atomic mass is 9.99. The van der Waals surface area contributed by atoms with Gasteiger partial charge in [-0.15, -0.1) is 0 Å². The molecule has 0 fully saturated rings. The Labute approximate surface area is 164 Å². The number of amides is 1. The first-order valence-corrected chi connectivity index (χ1v) is 9.92. The Balaban J connectivity index is 1.52. The van der Waals surface area contributed by atoms with E-state index in [1.54, 1.807) is 38.4 Å². The molecule has 0 saturated heterocycles. The molecule has 0 radical (unpaired) electrons. The van der Waals surface area contributed by atoms with E-state index in [-0.39, 0.29) is 12.5 Å².